The number of rotatable bonds is 9. The minimum Gasteiger partial charge on any atom is -0.348 e. The van der Waals surface area contributed by atoms with E-state index in [1.54, 1.807) is 48.5 Å². The maximum absolute atomic E-state index is 13.5. The summed E-state index contributed by atoms with van der Waals surface area (Å²) in [4.78, 5) is 13.3. The van der Waals surface area contributed by atoms with E-state index in [-0.39, 0.29) is 23.4 Å². The van der Waals surface area contributed by atoms with Crippen LogP contribution in [0.2, 0.25) is 0 Å². The molecule has 174 valence electrons. The Kier molecular flexibility index (Phi) is 8.32. The first-order chi connectivity index (χ1) is 15.7. The average molecular weight is 530 g/mol. The van der Waals surface area contributed by atoms with Crippen molar-refractivity contribution in [1.29, 1.82) is 0 Å². The van der Waals surface area contributed by atoms with E-state index in [0.29, 0.717) is 11.6 Å². The largest absolute Gasteiger partial charge is 0.348 e. The first-order valence-electron chi connectivity index (χ1n) is 10.9. The normalized spacial score (nSPS) is 12.4. The zero-order chi connectivity index (χ0) is 24.0. The number of anilines is 1. The molecule has 0 aliphatic heterocycles. The Morgan fingerprint density at radius 1 is 0.939 bits per heavy atom. The van der Waals surface area contributed by atoms with E-state index in [4.69, 9.17) is 0 Å². The van der Waals surface area contributed by atoms with E-state index in [0.717, 1.165) is 26.3 Å². The number of carbonyl (C=O) groups is 1. The van der Waals surface area contributed by atoms with Crippen LogP contribution in [0.5, 0.6) is 0 Å². The van der Waals surface area contributed by atoms with Gasteiger partial charge in [0, 0.05) is 4.47 Å². The first kappa shape index (κ1) is 25.0. The second-order valence-corrected chi connectivity index (χ2v) is 11.2. The van der Waals surface area contributed by atoms with Gasteiger partial charge in [0.1, 0.15) is 6.54 Å². The Balaban J connectivity index is 1.91. The van der Waals surface area contributed by atoms with Crippen LogP contribution in [-0.2, 0) is 14.8 Å². The summed E-state index contributed by atoms with van der Waals surface area (Å²) in [5.41, 5.74) is 2.38. The molecule has 0 aromatic heterocycles. The average Bonchev–Trinajstić information content (AvgIpc) is 2.78. The van der Waals surface area contributed by atoms with Gasteiger partial charge < -0.3 is 5.32 Å². The molecule has 1 amide bonds. The molecule has 0 fully saturated rings. The summed E-state index contributed by atoms with van der Waals surface area (Å²) < 4.78 is 29.1. The number of hydrogen-bond donors (Lipinski definition) is 1. The van der Waals surface area contributed by atoms with Crippen LogP contribution in [0.4, 0.5) is 5.69 Å². The Labute approximate surface area is 205 Å². The molecule has 3 aromatic rings. The van der Waals surface area contributed by atoms with Crippen molar-refractivity contribution in [2.45, 2.75) is 38.1 Å². The predicted octanol–water partition coefficient (Wildman–Crippen LogP) is 5.86. The molecule has 1 N–H and O–H groups in total. The molecule has 0 aliphatic carbocycles. The van der Waals surface area contributed by atoms with Crippen LogP contribution in [0.25, 0.3) is 0 Å². The maximum Gasteiger partial charge on any atom is 0.264 e. The lowest BCUT2D eigenvalue weighted by Crippen LogP contribution is -2.42. The van der Waals surface area contributed by atoms with Crippen molar-refractivity contribution in [3.63, 3.8) is 0 Å². The van der Waals surface area contributed by atoms with Gasteiger partial charge in [0.2, 0.25) is 5.91 Å². The molecule has 3 aromatic carbocycles. The molecule has 0 saturated heterocycles. The summed E-state index contributed by atoms with van der Waals surface area (Å²) in [5, 5.41) is 3.05. The third kappa shape index (κ3) is 6.68. The summed E-state index contributed by atoms with van der Waals surface area (Å²) in [7, 11) is -3.95. The van der Waals surface area contributed by atoms with Crippen LogP contribution in [0.3, 0.4) is 0 Å². The van der Waals surface area contributed by atoms with Crippen LogP contribution in [0, 0.1) is 12.8 Å². The van der Waals surface area contributed by atoms with E-state index >= 15 is 0 Å². The summed E-state index contributed by atoms with van der Waals surface area (Å²) in [6, 6.07) is 23.1. The highest BCUT2D eigenvalue weighted by Gasteiger charge is 2.28. The van der Waals surface area contributed by atoms with Gasteiger partial charge in [-0.3, -0.25) is 9.10 Å². The van der Waals surface area contributed by atoms with Crippen LogP contribution >= 0.6 is 15.9 Å². The number of amides is 1. The molecule has 33 heavy (non-hydrogen) atoms. The molecule has 0 bridgehead atoms. The van der Waals surface area contributed by atoms with Gasteiger partial charge in [-0.1, -0.05) is 77.8 Å². The fraction of sp³-hybridized carbons (Fsp3) is 0.269. The van der Waals surface area contributed by atoms with Crippen molar-refractivity contribution in [3.05, 3.63) is 94.5 Å². The number of sulfonamides is 1. The topological polar surface area (TPSA) is 66.5 Å². The molecule has 0 radical (unpaired) electrons. The summed E-state index contributed by atoms with van der Waals surface area (Å²) in [6.45, 7) is 5.77. The van der Waals surface area contributed by atoms with Crippen molar-refractivity contribution in [1.82, 2.24) is 5.32 Å². The maximum atomic E-state index is 13.5. The van der Waals surface area contributed by atoms with Crippen molar-refractivity contribution < 1.29 is 13.2 Å². The molecule has 0 heterocycles. The highest BCUT2D eigenvalue weighted by atomic mass is 79.9. The Bertz CT molecular complexity index is 1160. The zero-order valence-electron chi connectivity index (χ0n) is 19.0. The van der Waals surface area contributed by atoms with Gasteiger partial charge in [0.25, 0.3) is 10.0 Å². The lowest BCUT2D eigenvalue weighted by atomic mass is 9.97. The summed E-state index contributed by atoms with van der Waals surface area (Å²) in [5.74, 6) is -0.00233. The predicted molar refractivity (Wildman–Crippen MR) is 137 cm³/mol. The van der Waals surface area contributed by atoms with Gasteiger partial charge >= 0.3 is 0 Å². The number of hydrogen-bond acceptors (Lipinski definition) is 3. The van der Waals surface area contributed by atoms with Gasteiger partial charge in [-0.25, -0.2) is 8.42 Å². The van der Waals surface area contributed by atoms with E-state index in [2.05, 4.69) is 35.1 Å². The lowest BCUT2D eigenvalue weighted by Gasteiger charge is -2.26. The Morgan fingerprint density at radius 2 is 1.55 bits per heavy atom. The summed E-state index contributed by atoms with van der Waals surface area (Å²) >= 11 is 3.38. The summed E-state index contributed by atoms with van der Waals surface area (Å²) in [6.07, 6.45) is 0.749. The number of aryl methyl sites for hydroxylation is 1. The van der Waals surface area contributed by atoms with Gasteiger partial charge in [-0.15, -0.1) is 0 Å². The van der Waals surface area contributed by atoms with Gasteiger partial charge in [0.15, 0.2) is 0 Å². The van der Waals surface area contributed by atoms with Crippen molar-refractivity contribution in [3.8, 4) is 0 Å². The molecular weight excluding hydrogens is 500 g/mol. The Morgan fingerprint density at radius 3 is 2.12 bits per heavy atom. The third-order valence-electron chi connectivity index (χ3n) is 5.26. The second-order valence-electron chi connectivity index (χ2n) is 8.46. The van der Waals surface area contributed by atoms with Crippen LogP contribution in [0.1, 0.15) is 37.4 Å². The minimum absolute atomic E-state index is 0.144. The van der Waals surface area contributed by atoms with Crippen molar-refractivity contribution in [2.75, 3.05) is 10.8 Å². The molecule has 0 aliphatic rings. The third-order valence-corrected chi connectivity index (χ3v) is 7.57. The number of nitrogens with zero attached hydrogens (tertiary/aromatic N) is 1. The molecule has 0 saturated carbocycles. The molecule has 0 unspecified atom stereocenters. The van der Waals surface area contributed by atoms with E-state index in [1.807, 2.05) is 37.3 Å². The monoisotopic (exact) mass is 528 g/mol. The van der Waals surface area contributed by atoms with E-state index in [1.165, 1.54) is 0 Å². The van der Waals surface area contributed by atoms with Gasteiger partial charge in [-0.05, 0) is 61.2 Å². The molecule has 7 heteroatoms. The SMILES string of the molecule is Cc1ccc(S(=O)(=O)N(CC(=O)N[C@H](CC(C)C)c2ccccc2)c2ccc(Br)cc2)cc1. The number of nitrogens with one attached hydrogen (secondary N) is 1. The first-order valence-corrected chi connectivity index (χ1v) is 13.1. The fourth-order valence-electron chi connectivity index (χ4n) is 3.57. The highest BCUT2D eigenvalue weighted by Crippen LogP contribution is 2.26. The fourth-order valence-corrected chi connectivity index (χ4v) is 5.25. The zero-order valence-corrected chi connectivity index (χ0v) is 21.4. The van der Waals surface area contributed by atoms with Crippen molar-refractivity contribution >= 4 is 37.5 Å². The van der Waals surface area contributed by atoms with E-state index in [9.17, 15) is 13.2 Å². The van der Waals surface area contributed by atoms with Crippen LogP contribution in [-0.4, -0.2) is 20.9 Å². The smallest absolute Gasteiger partial charge is 0.264 e. The van der Waals surface area contributed by atoms with Gasteiger partial charge in [0.05, 0.1) is 16.6 Å². The molecule has 3 rings (SSSR count). The molecule has 1 atom stereocenters. The molecule has 5 nitrogen and oxygen atoms in total. The lowest BCUT2D eigenvalue weighted by molar-refractivity contribution is -0.120. The molecule has 0 spiro atoms. The standard InChI is InChI=1S/C26H29BrN2O3S/c1-19(2)17-25(21-7-5-4-6-8-21)28-26(30)18-29(23-13-11-22(27)12-14-23)33(31,32)24-15-9-20(3)10-16-24/h4-16,19,25H,17-18H2,1-3H3,(H,28,30)/t25-/m1/s1. The van der Waals surface area contributed by atoms with Crippen molar-refractivity contribution in [2.24, 2.45) is 5.92 Å². The van der Waals surface area contributed by atoms with Crippen LogP contribution in [0.15, 0.2) is 88.2 Å². The number of benzene rings is 3. The van der Waals surface area contributed by atoms with Crippen LogP contribution < -0.4 is 9.62 Å². The minimum atomic E-state index is -3.95. The van der Waals surface area contributed by atoms with Gasteiger partial charge in [-0.2, -0.15) is 0 Å². The number of carbonyl (C=O) groups excluding carboxylic acids is 1. The highest BCUT2D eigenvalue weighted by molar-refractivity contribution is 9.10. The molecular formula is C26H29BrN2O3S. The number of halogens is 1. The second kappa shape index (κ2) is 11.0. The van der Waals surface area contributed by atoms with E-state index < -0.39 is 10.0 Å². The Hall–Kier alpha value is -2.64. The quantitative estimate of drug-likeness (QED) is 0.378.